The Bertz CT molecular complexity index is 838. The Kier molecular flexibility index (Phi) is 5.18. The van der Waals surface area contributed by atoms with Crippen molar-refractivity contribution in [1.82, 2.24) is 0 Å². The number of phenols is 1. The molecule has 2 N–H and O–H groups in total. The molecule has 0 aliphatic carbocycles. The van der Waals surface area contributed by atoms with Crippen LogP contribution in [0.2, 0.25) is 0 Å². The van der Waals surface area contributed by atoms with Crippen molar-refractivity contribution in [3.05, 3.63) is 47.5 Å². The normalized spacial score (nSPS) is 10.7. The van der Waals surface area contributed by atoms with Crippen LogP contribution in [-0.4, -0.2) is 25.2 Å². The van der Waals surface area contributed by atoms with E-state index in [1.165, 1.54) is 20.3 Å². The molecular weight excluding hydrogens is 320 g/mol. The molecule has 2 aromatic rings. The van der Waals surface area contributed by atoms with Crippen molar-refractivity contribution >= 4 is 11.6 Å². The zero-order chi connectivity index (χ0) is 18.6. The predicted octanol–water partition coefficient (Wildman–Crippen LogP) is 3.46. The first-order chi connectivity index (χ1) is 11.8. The minimum atomic E-state index is -0.823. The monoisotopic (exact) mass is 340 g/mol. The van der Waals surface area contributed by atoms with Crippen molar-refractivity contribution in [3.8, 4) is 23.3 Å². The number of anilines is 1. The molecule has 0 spiro atoms. The van der Waals surface area contributed by atoms with E-state index >= 15 is 0 Å². The first-order valence-corrected chi connectivity index (χ1v) is 7.60. The van der Waals surface area contributed by atoms with Gasteiger partial charge >= 0.3 is 0 Å². The molecule has 0 saturated carbocycles. The van der Waals surface area contributed by atoms with Crippen LogP contribution in [0.4, 0.5) is 5.69 Å². The van der Waals surface area contributed by atoms with Gasteiger partial charge in [0.25, 0.3) is 5.91 Å². The van der Waals surface area contributed by atoms with Crippen molar-refractivity contribution < 1.29 is 19.4 Å². The maximum absolute atomic E-state index is 12.4. The Hall–Kier alpha value is -3.20. The van der Waals surface area contributed by atoms with Gasteiger partial charge in [0.1, 0.15) is 5.75 Å². The number of hydrogen-bond donors (Lipinski definition) is 2. The molecule has 0 aromatic heterocycles. The number of ether oxygens (including phenoxy) is 2. The van der Waals surface area contributed by atoms with E-state index in [-0.39, 0.29) is 11.7 Å². The number of amides is 1. The second-order valence-corrected chi connectivity index (χ2v) is 5.99. The van der Waals surface area contributed by atoms with Gasteiger partial charge in [0.15, 0.2) is 11.5 Å². The molecular formula is C19H20N2O4. The number of aromatic hydroxyl groups is 1. The lowest BCUT2D eigenvalue weighted by Crippen LogP contribution is -2.15. The molecule has 2 aromatic carbocycles. The maximum atomic E-state index is 12.4. The Morgan fingerprint density at radius 3 is 2.36 bits per heavy atom. The number of hydrogen-bond acceptors (Lipinski definition) is 5. The van der Waals surface area contributed by atoms with Gasteiger partial charge in [-0.05, 0) is 38.1 Å². The van der Waals surface area contributed by atoms with Crippen molar-refractivity contribution in [2.45, 2.75) is 19.3 Å². The zero-order valence-electron chi connectivity index (χ0n) is 14.6. The first-order valence-electron chi connectivity index (χ1n) is 7.60. The summed E-state index contributed by atoms with van der Waals surface area (Å²) in [5, 5.41) is 22.0. The average molecular weight is 340 g/mol. The van der Waals surface area contributed by atoms with Crippen LogP contribution in [0.25, 0.3) is 0 Å². The summed E-state index contributed by atoms with van der Waals surface area (Å²) in [6, 6.07) is 11.7. The minimum Gasteiger partial charge on any atom is -0.508 e. The molecule has 130 valence electrons. The molecule has 0 aliphatic rings. The summed E-state index contributed by atoms with van der Waals surface area (Å²) in [6.45, 7) is 3.42. The van der Waals surface area contributed by atoms with Crippen LogP contribution in [0.1, 0.15) is 29.8 Å². The highest BCUT2D eigenvalue weighted by Gasteiger charge is 2.23. The maximum Gasteiger partial charge on any atom is 0.255 e. The number of nitriles is 1. The molecule has 6 nitrogen and oxygen atoms in total. The van der Waals surface area contributed by atoms with Crippen LogP contribution < -0.4 is 14.8 Å². The first kappa shape index (κ1) is 18.1. The highest BCUT2D eigenvalue weighted by atomic mass is 16.5. The summed E-state index contributed by atoms with van der Waals surface area (Å²) in [5.74, 6) is 0.577. The van der Waals surface area contributed by atoms with Gasteiger partial charge in [0, 0.05) is 22.9 Å². The van der Waals surface area contributed by atoms with E-state index in [1.54, 1.807) is 44.2 Å². The Balaban J connectivity index is 2.24. The lowest BCUT2D eigenvalue weighted by molar-refractivity contribution is 0.102. The van der Waals surface area contributed by atoms with Gasteiger partial charge in [-0.3, -0.25) is 4.79 Å². The van der Waals surface area contributed by atoms with E-state index in [0.717, 1.165) is 0 Å². The Morgan fingerprint density at radius 1 is 1.12 bits per heavy atom. The number of phenolic OH excluding ortho intramolecular Hbond substituents is 1. The summed E-state index contributed by atoms with van der Waals surface area (Å²) < 4.78 is 10.3. The van der Waals surface area contributed by atoms with Gasteiger partial charge in [0.2, 0.25) is 0 Å². The highest BCUT2D eigenvalue weighted by molar-refractivity contribution is 6.04. The molecule has 2 rings (SSSR count). The number of carbonyl (C=O) groups excluding carboxylic acids is 1. The van der Waals surface area contributed by atoms with Crippen molar-refractivity contribution in [3.63, 3.8) is 0 Å². The van der Waals surface area contributed by atoms with Gasteiger partial charge in [-0.1, -0.05) is 6.07 Å². The lowest BCUT2D eigenvalue weighted by atomic mass is 9.85. The molecule has 0 radical (unpaired) electrons. The molecule has 0 bridgehead atoms. The third kappa shape index (κ3) is 3.83. The quantitative estimate of drug-likeness (QED) is 0.869. The number of rotatable bonds is 5. The standard InChI is InChI=1S/C19H20N2O4/c1-19(2,11-20)14-7-6-13(10-15(14)22)21-18(23)12-5-8-16(24-3)17(9-12)25-4/h5-10,22H,1-4H3,(H,21,23). The van der Waals surface area contributed by atoms with Crippen LogP contribution in [-0.2, 0) is 5.41 Å². The van der Waals surface area contributed by atoms with Crippen molar-refractivity contribution in [1.29, 1.82) is 5.26 Å². The summed E-state index contributed by atoms with van der Waals surface area (Å²) in [6.07, 6.45) is 0. The highest BCUT2D eigenvalue weighted by Crippen LogP contribution is 2.33. The Labute approximate surface area is 146 Å². The second kappa shape index (κ2) is 7.14. The molecule has 1 amide bonds. The second-order valence-electron chi connectivity index (χ2n) is 5.99. The number of benzene rings is 2. The van der Waals surface area contributed by atoms with Crippen LogP contribution in [0.15, 0.2) is 36.4 Å². The summed E-state index contributed by atoms with van der Waals surface area (Å²) in [5.41, 5.74) is 0.489. The molecule has 0 saturated heterocycles. The largest absolute Gasteiger partial charge is 0.508 e. The number of carbonyl (C=O) groups is 1. The van der Waals surface area contributed by atoms with E-state index in [2.05, 4.69) is 11.4 Å². The molecule has 25 heavy (non-hydrogen) atoms. The van der Waals surface area contributed by atoms with Gasteiger partial charge < -0.3 is 19.9 Å². The number of nitrogens with zero attached hydrogens (tertiary/aromatic N) is 1. The van der Waals surface area contributed by atoms with Gasteiger partial charge in [-0.15, -0.1) is 0 Å². The van der Waals surface area contributed by atoms with E-state index in [9.17, 15) is 15.2 Å². The van der Waals surface area contributed by atoms with Crippen molar-refractivity contribution in [2.75, 3.05) is 19.5 Å². The van der Waals surface area contributed by atoms with E-state index < -0.39 is 5.41 Å². The SMILES string of the molecule is COc1ccc(C(=O)Nc2ccc(C(C)(C)C#N)c(O)c2)cc1OC. The van der Waals surface area contributed by atoms with Gasteiger partial charge in [0.05, 0.1) is 25.7 Å². The summed E-state index contributed by atoms with van der Waals surface area (Å²) >= 11 is 0. The van der Waals surface area contributed by atoms with E-state index in [0.29, 0.717) is 28.3 Å². The van der Waals surface area contributed by atoms with Crippen LogP contribution >= 0.6 is 0 Å². The van der Waals surface area contributed by atoms with E-state index in [1.807, 2.05) is 0 Å². The summed E-state index contributed by atoms with van der Waals surface area (Å²) in [7, 11) is 3.01. The predicted molar refractivity (Wildman–Crippen MR) is 94.2 cm³/mol. The average Bonchev–Trinajstić information content (AvgIpc) is 2.60. The lowest BCUT2D eigenvalue weighted by Gasteiger charge is -2.18. The fourth-order valence-corrected chi connectivity index (χ4v) is 2.38. The number of nitrogens with one attached hydrogen (secondary N) is 1. The third-order valence-corrected chi connectivity index (χ3v) is 3.85. The molecule has 0 aliphatic heterocycles. The van der Waals surface area contributed by atoms with Gasteiger partial charge in [-0.2, -0.15) is 5.26 Å². The topological polar surface area (TPSA) is 91.6 Å². The van der Waals surface area contributed by atoms with Gasteiger partial charge in [-0.25, -0.2) is 0 Å². The fraction of sp³-hybridized carbons (Fsp3) is 0.263. The Morgan fingerprint density at radius 2 is 1.80 bits per heavy atom. The molecule has 0 atom stereocenters. The molecule has 0 unspecified atom stereocenters. The van der Waals surface area contributed by atoms with E-state index in [4.69, 9.17) is 9.47 Å². The molecule has 6 heteroatoms. The fourth-order valence-electron chi connectivity index (χ4n) is 2.38. The smallest absolute Gasteiger partial charge is 0.255 e. The zero-order valence-corrected chi connectivity index (χ0v) is 14.6. The molecule has 0 fully saturated rings. The van der Waals surface area contributed by atoms with Crippen LogP contribution in [0, 0.1) is 11.3 Å². The summed E-state index contributed by atoms with van der Waals surface area (Å²) in [4.78, 5) is 12.4. The molecule has 0 heterocycles. The minimum absolute atomic E-state index is 0.0448. The van der Waals surface area contributed by atoms with Crippen molar-refractivity contribution in [2.24, 2.45) is 0 Å². The van der Waals surface area contributed by atoms with Crippen LogP contribution in [0.5, 0.6) is 17.2 Å². The number of methoxy groups -OCH3 is 2. The third-order valence-electron chi connectivity index (χ3n) is 3.85. The van der Waals surface area contributed by atoms with Crippen LogP contribution in [0.3, 0.4) is 0 Å².